The Morgan fingerprint density at radius 3 is 2.29 bits per heavy atom. The van der Waals surface area contributed by atoms with Crippen LogP contribution in [-0.4, -0.2) is 47.4 Å². The highest BCUT2D eigenvalue weighted by Gasteiger charge is 2.28. The Labute approximate surface area is 128 Å². The predicted molar refractivity (Wildman–Crippen MR) is 84.0 cm³/mol. The van der Waals surface area contributed by atoms with E-state index < -0.39 is 23.8 Å². The third kappa shape index (κ3) is 6.66. The molecule has 1 aliphatic carbocycles. The van der Waals surface area contributed by atoms with Crippen LogP contribution in [0.5, 0.6) is 0 Å². The molecule has 0 heterocycles. The number of carbonyl (C=O) groups excluding carboxylic acids is 1. The van der Waals surface area contributed by atoms with Gasteiger partial charge >= 0.3 is 6.09 Å². The van der Waals surface area contributed by atoms with Gasteiger partial charge in [-0.15, -0.1) is 0 Å². The topological polar surface area (TPSA) is 75.8 Å². The first kappa shape index (κ1) is 18.2. The van der Waals surface area contributed by atoms with E-state index in [1.807, 2.05) is 20.8 Å². The lowest BCUT2D eigenvalue weighted by Crippen LogP contribution is -2.49. The van der Waals surface area contributed by atoms with Crippen LogP contribution in [0.15, 0.2) is 0 Å². The molecule has 2 atom stereocenters. The number of hydrogen-bond donors (Lipinski definition) is 2. The molecule has 3 N–H and O–H groups in total. The van der Waals surface area contributed by atoms with E-state index in [1.165, 1.54) is 17.7 Å². The van der Waals surface area contributed by atoms with Gasteiger partial charge in [0.05, 0.1) is 6.10 Å². The molecular formula is C16H32N2O3. The van der Waals surface area contributed by atoms with Crippen molar-refractivity contribution in [2.45, 2.75) is 77.0 Å². The monoisotopic (exact) mass is 300 g/mol. The molecule has 21 heavy (non-hydrogen) atoms. The number of amides is 1. The zero-order valence-electron chi connectivity index (χ0n) is 14.0. The van der Waals surface area contributed by atoms with E-state index in [2.05, 4.69) is 0 Å². The van der Waals surface area contributed by atoms with Crippen molar-refractivity contribution in [2.24, 2.45) is 11.7 Å². The summed E-state index contributed by atoms with van der Waals surface area (Å²) in [7, 11) is 1.66. The maximum Gasteiger partial charge on any atom is 0.410 e. The smallest absolute Gasteiger partial charge is 0.410 e. The van der Waals surface area contributed by atoms with Crippen molar-refractivity contribution in [2.75, 3.05) is 13.6 Å². The molecule has 0 radical (unpaired) electrons. The highest BCUT2D eigenvalue weighted by molar-refractivity contribution is 5.67. The summed E-state index contributed by atoms with van der Waals surface area (Å²) in [6, 6.07) is -0.425. The minimum Gasteiger partial charge on any atom is -0.444 e. The summed E-state index contributed by atoms with van der Waals surface area (Å²) in [5.74, 6) is 0.259. The van der Waals surface area contributed by atoms with E-state index in [1.54, 1.807) is 7.05 Å². The van der Waals surface area contributed by atoms with Gasteiger partial charge in [0.15, 0.2) is 0 Å². The number of ether oxygens (including phenoxy) is 1. The number of rotatable bonds is 4. The molecule has 124 valence electrons. The fourth-order valence-electron chi connectivity index (χ4n) is 2.84. The standard InChI is InChI=1S/C16H32N2O3/c1-16(2,3)21-15(20)18(4)11-13(17)14(19)12-9-7-5-6-8-10-12/h12-14,19H,5-11,17H2,1-4H3/t13-,14-/m1/s1. The molecule has 0 aliphatic heterocycles. The third-order valence-electron chi connectivity index (χ3n) is 4.01. The second-order valence-corrected chi connectivity index (χ2v) is 7.27. The molecule has 0 saturated heterocycles. The highest BCUT2D eigenvalue weighted by Crippen LogP contribution is 2.26. The van der Waals surface area contributed by atoms with Crippen LogP contribution >= 0.6 is 0 Å². The van der Waals surface area contributed by atoms with Crippen LogP contribution in [0.4, 0.5) is 4.79 Å². The van der Waals surface area contributed by atoms with E-state index in [0.717, 1.165) is 25.7 Å². The summed E-state index contributed by atoms with van der Waals surface area (Å²) in [5.41, 5.74) is 5.58. The van der Waals surface area contributed by atoms with Gasteiger partial charge in [-0.3, -0.25) is 0 Å². The molecule has 0 spiro atoms. The second-order valence-electron chi connectivity index (χ2n) is 7.27. The van der Waals surface area contributed by atoms with Gasteiger partial charge in [-0.05, 0) is 39.5 Å². The molecule has 1 amide bonds. The molecule has 0 unspecified atom stereocenters. The molecule has 0 bridgehead atoms. The maximum absolute atomic E-state index is 11.9. The minimum absolute atomic E-state index is 0.259. The van der Waals surface area contributed by atoms with E-state index in [4.69, 9.17) is 10.5 Å². The summed E-state index contributed by atoms with van der Waals surface area (Å²) in [6.07, 6.45) is 5.94. The van der Waals surface area contributed by atoms with Crippen molar-refractivity contribution in [1.82, 2.24) is 4.90 Å². The first-order chi connectivity index (χ1) is 9.70. The van der Waals surface area contributed by atoms with Crippen molar-refractivity contribution in [3.63, 3.8) is 0 Å². The molecule has 0 aromatic heterocycles. The summed E-state index contributed by atoms with van der Waals surface area (Å²) in [5, 5.41) is 10.4. The average Bonchev–Trinajstić information content (AvgIpc) is 2.64. The molecule has 1 rings (SSSR count). The zero-order chi connectivity index (χ0) is 16.0. The average molecular weight is 300 g/mol. The SMILES string of the molecule is CN(C[C@@H](N)[C@H](O)C1CCCCCC1)C(=O)OC(C)(C)C. The Morgan fingerprint density at radius 1 is 1.29 bits per heavy atom. The number of aliphatic hydroxyl groups excluding tert-OH is 1. The number of carbonyl (C=O) groups is 1. The zero-order valence-corrected chi connectivity index (χ0v) is 14.0. The molecule has 5 heteroatoms. The molecule has 0 aromatic rings. The van der Waals surface area contributed by atoms with Crippen LogP contribution in [0, 0.1) is 5.92 Å². The maximum atomic E-state index is 11.9. The van der Waals surface area contributed by atoms with Gasteiger partial charge in [-0.25, -0.2) is 4.79 Å². The minimum atomic E-state index is -0.548. The number of nitrogens with zero attached hydrogens (tertiary/aromatic N) is 1. The van der Waals surface area contributed by atoms with Crippen molar-refractivity contribution in [3.8, 4) is 0 Å². The van der Waals surface area contributed by atoms with Gasteiger partial charge in [-0.1, -0.05) is 25.7 Å². The summed E-state index contributed by atoms with van der Waals surface area (Å²) in [4.78, 5) is 13.4. The van der Waals surface area contributed by atoms with Gasteiger partial charge in [-0.2, -0.15) is 0 Å². The van der Waals surface area contributed by atoms with Crippen molar-refractivity contribution in [3.05, 3.63) is 0 Å². The Morgan fingerprint density at radius 2 is 1.81 bits per heavy atom. The first-order valence-electron chi connectivity index (χ1n) is 8.08. The van der Waals surface area contributed by atoms with Crippen molar-refractivity contribution >= 4 is 6.09 Å². The van der Waals surface area contributed by atoms with E-state index in [9.17, 15) is 9.90 Å². The fraction of sp³-hybridized carbons (Fsp3) is 0.938. The summed E-state index contributed by atoms with van der Waals surface area (Å²) >= 11 is 0. The number of hydrogen-bond acceptors (Lipinski definition) is 4. The van der Waals surface area contributed by atoms with Gasteiger partial charge in [0.25, 0.3) is 0 Å². The predicted octanol–water partition coefficient (Wildman–Crippen LogP) is 2.51. The lowest BCUT2D eigenvalue weighted by Gasteiger charge is -2.31. The van der Waals surface area contributed by atoms with Crippen LogP contribution in [0.3, 0.4) is 0 Å². The molecule has 5 nitrogen and oxygen atoms in total. The van der Waals surface area contributed by atoms with Crippen LogP contribution < -0.4 is 5.73 Å². The Hall–Kier alpha value is -0.810. The van der Waals surface area contributed by atoms with Crippen LogP contribution in [-0.2, 0) is 4.74 Å². The van der Waals surface area contributed by atoms with Gasteiger partial charge in [0, 0.05) is 19.6 Å². The molecule has 1 aliphatic rings. The lowest BCUT2D eigenvalue weighted by molar-refractivity contribution is 0.0203. The fourth-order valence-corrected chi connectivity index (χ4v) is 2.84. The number of nitrogens with two attached hydrogens (primary N) is 1. The third-order valence-corrected chi connectivity index (χ3v) is 4.01. The molecular weight excluding hydrogens is 268 g/mol. The Balaban J connectivity index is 2.46. The quantitative estimate of drug-likeness (QED) is 0.782. The van der Waals surface area contributed by atoms with Gasteiger partial charge < -0.3 is 20.5 Å². The second kappa shape index (κ2) is 7.99. The van der Waals surface area contributed by atoms with E-state index in [0.29, 0.717) is 6.54 Å². The summed E-state index contributed by atoms with van der Waals surface area (Å²) in [6.45, 7) is 5.81. The van der Waals surface area contributed by atoms with E-state index in [-0.39, 0.29) is 5.92 Å². The first-order valence-corrected chi connectivity index (χ1v) is 8.08. The van der Waals surface area contributed by atoms with Gasteiger partial charge in [0.2, 0.25) is 0 Å². The van der Waals surface area contributed by atoms with Crippen molar-refractivity contribution < 1.29 is 14.6 Å². The number of likely N-dealkylation sites (N-methyl/N-ethyl adjacent to an activating group) is 1. The largest absolute Gasteiger partial charge is 0.444 e. The number of aliphatic hydroxyl groups is 1. The van der Waals surface area contributed by atoms with Gasteiger partial charge in [0.1, 0.15) is 5.60 Å². The lowest BCUT2D eigenvalue weighted by atomic mass is 9.89. The van der Waals surface area contributed by atoms with Crippen LogP contribution in [0.1, 0.15) is 59.3 Å². The molecule has 0 aromatic carbocycles. The highest BCUT2D eigenvalue weighted by atomic mass is 16.6. The van der Waals surface area contributed by atoms with Crippen molar-refractivity contribution in [1.29, 1.82) is 0 Å². The van der Waals surface area contributed by atoms with Crippen LogP contribution in [0.2, 0.25) is 0 Å². The summed E-state index contributed by atoms with van der Waals surface area (Å²) < 4.78 is 5.30. The van der Waals surface area contributed by atoms with Crippen LogP contribution in [0.25, 0.3) is 0 Å². The normalized spacial score (nSPS) is 20.5. The Bertz CT molecular complexity index is 320. The molecule has 1 saturated carbocycles. The molecule has 1 fully saturated rings. The van der Waals surface area contributed by atoms with E-state index >= 15 is 0 Å². The Kier molecular flexibility index (Phi) is 6.94.